The van der Waals surface area contributed by atoms with Crippen LogP contribution in [0.1, 0.15) is 6.92 Å². The monoisotopic (exact) mass is 299 g/mol. The summed E-state index contributed by atoms with van der Waals surface area (Å²) in [4.78, 5) is 15.5. The lowest BCUT2D eigenvalue weighted by Crippen LogP contribution is -2.41. The summed E-state index contributed by atoms with van der Waals surface area (Å²) in [6.45, 7) is 2.92. The maximum absolute atomic E-state index is 12.5. The second-order valence-corrected chi connectivity index (χ2v) is 6.48. The Morgan fingerprint density at radius 2 is 1.90 bits per heavy atom. The van der Waals surface area contributed by atoms with Gasteiger partial charge in [0.15, 0.2) is 6.61 Å². The van der Waals surface area contributed by atoms with Crippen molar-refractivity contribution < 1.29 is 9.53 Å². The van der Waals surface area contributed by atoms with E-state index in [0.29, 0.717) is 5.25 Å². The zero-order valence-corrected chi connectivity index (χ0v) is 12.7. The summed E-state index contributed by atoms with van der Waals surface area (Å²) < 4.78 is 5.57. The van der Waals surface area contributed by atoms with Crippen molar-refractivity contribution in [3.63, 3.8) is 0 Å². The number of anilines is 1. The highest BCUT2D eigenvalue weighted by atomic mass is 32.2. The van der Waals surface area contributed by atoms with Crippen molar-refractivity contribution in [1.82, 2.24) is 0 Å². The molecule has 3 rings (SSSR count). The van der Waals surface area contributed by atoms with E-state index in [-0.39, 0.29) is 12.5 Å². The minimum atomic E-state index is -0.00143. The summed E-state index contributed by atoms with van der Waals surface area (Å²) in [6, 6.07) is 17.5. The van der Waals surface area contributed by atoms with Crippen molar-refractivity contribution in [2.24, 2.45) is 0 Å². The van der Waals surface area contributed by atoms with Gasteiger partial charge >= 0.3 is 0 Å². The van der Waals surface area contributed by atoms with E-state index in [4.69, 9.17) is 4.74 Å². The van der Waals surface area contributed by atoms with Crippen molar-refractivity contribution in [2.45, 2.75) is 17.1 Å². The average Bonchev–Trinajstić information content (AvgIpc) is 2.52. The Hall–Kier alpha value is -1.94. The van der Waals surface area contributed by atoms with Gasteiger partial charge in [0.05, 0.1) is 5.69 Å². The number of ether oxygens (including phenoxy) is 1. The van der Waals surface area contributed by atoms with Crippen LogP contribution in [0.5, 0.6) is 5.75 Å². The normalized spacial score (nSPS) is 17.2. The van der Waals surface area contributed by atoms with Gasteiger partial charge in [0.1, 0.15) is 5.75 Å². The number of benzene rings is 2. The molecule has 1 aliphatic rings. The van der Waals surface area contributed by atoms with Gasteiger partial charge in [-0.15, -0.1) is 11.8 Å². The fourth-order valence-corrected chi connectivity index (χ4v) is 3.48. The molecule has 1 unspecified atom stereocenters. The summed E-state index contributed by atoms with van der Waals surface area (Å²) in [5, 5.41) is 0.389. The highest BCUT2D eigenvalue weighted by Crippen LogP contribution is 2.38. The molecule has 0 saturated heterocycles. The van der Waals surface area contributed by atoms with Crippen LogP contribution in [0.4, 0.5) is 5.69 Å². The molecule has 1 amide bonds. The quantitative estimate of drug-likeness (QED) is 0.867. The molecule has 0 fully saturated rings. The number of carbonyl (C=O) groups excluding carboxylic acids is 1. The lowest BCUT2D eigenvalue weighted by atomic mass is 10.2. The summed E-state index contributed by atoms with van der Waals surface area (Å²) in [7, 11) is 0. The first-order valence-electron chi connectivity index (χ1n) is 6.98. The number of rotatable bonds is 3. The molecule has 3 nitrogen and oxygen atoms in total. The fourth-order valence-electron chi connectivity index (χ4n) is 2.37. The van der Waals surface area contributed by atoms with Crippen LogP contribution in [0.2, 0.25) is 0 Å². The average molecular weight is 299 g/mol. The number of carbonyl (C=O) groups is 1. The predicted octanol–water partition coefficient (Wildman–Crippen LogP) is 3.59. The smallest absolute Gasteiger partial charge is 0.264 e. The third-order valence-electron chi connectivity index (χ3n) is 3.33. The van der Waals surface area contributed by atoms with Gasteiger partial charge in [0.25, 0.3) is 5.91 Å². The molecule has 0 spiro atoms. The van der Waals surface area contributed by atoms with Crippen LogP contribution < -0.4 is 9.64 Å². The van der Waals surface area contributed by atoms with Crippen LogP contribution in [0.25, 0.3) is 0 Å². The number of para-hydroxylation sites is 2. The molecule has 4 heteroatoms. The van der Waals surface area contributed by atoms with Crippen LogP contribution in [0, 0.1) is 0 Å². The Kier molecular flexibility index (Phi) is 4.15. The first kappa shape index (κ1) is 14.0. The molecule has 0 N–H and O–H groups in total. The highest BCUT2D eigenvalue weighted by Gasteiger charge is 2.26. The number of amides is 1. The third kappa shape index (κ3) is 3.22. The van der Waals surface area contributed by atoms with Gasteiger partial charge in [0.2, 0.25) is 0 Å². The summed E-state index contributed by atoms with van der Waals surface area (Å²) in [5.41, 5.74) is 0.988. The van der Waals surface area contributed by atoms with Gasteiger partial charge in [-0.05, 0) is 24.3 Å². The molecule has 0 aromatic heterocycles. The Morgan fingerprint density at radius 1 is 1.19 bits per heavy atom. The van der Waals surface area contributed by atoms with E-state index in [2.05, 4.69) is 13.0 Å². The number of thioether (sulfide) groups is 1. The second kappa shape index (κ2) is 6.22. The Labute approximate surface area is 128 Å². The lowest BCUT2D eigenvalue weighted by Gasteiger charge is -2.32. The van der Waals surface area contributed by atoms with Crippen molar-refractivity contribution in [3.8, 4) is 5.75 Å². The van der Waals surface area contributed by atoms with Crippen molar-refractivity contribution in [1.29, 1.82) is 0 Å². The molecule has 2 aromatic carbocycles. The standard InChI is InChI=1S/C17H17NO2S/c1-13-11-18(15-9-5-6-10-16(15)21-13)17(19)12-20-14-7-3-2-4-8-14/h2-10,13H,11-12H2,1H3. The van der Waals surface area contributed by atoms with Gasteiger partial charge in [-0.2, -0.15) is 0 Å². The molecule has 0 radical (unpaired) electrons. The van der Waals surface area contributed by atoms with E-state index >= 15 is 0 Å². The van der Waals surface area contributed by atoms with Gasteiger partial charge in [-0.1, -0.05) is 37.3 Å². The molecule has 0 saturated carbocycles. The van der Waals surface area contributed by atoms with E-state index in [0.717, 1.165) is 22.9 Å². The molecule has 21 heavy (non-hydrogen) atoms. The van der Waals surface area contributed by atoms with Crippen molar-refractivity contribution in [2.75, 3.05) is 18.1 Å². The molecule has 1 heterocycles. The van der Waals surface area contributed by atoms with Crippen LogP contribution >= 0.6 is 11.8 Å². The summed E-state index contributed by atoms with van der Waals surface area (Å²) in [5.74, 6) is 0.719. The summed E-state index contributed by atoms with van der Waals surface area (Å²) >= 11 is 1.81. The predicted molar refractivity (Wildman–Crippen MR) is 86.1 cm³/mol. The molecule has 1 aliphatic heterocycles. The SMILES string of the molecule is CC1CN(C(=O)COc2ccccc2)c2ccccc2S1. The minimum Gasteiger partial charge on any atom is -0.484 e. The first-order valence-corrected chi connectivity index (χ1v) is 7.86. The molecule has 2 aromatic rings. The lowest BCUT2D eigenvalue weighted by molar-refractivity contribution is -0.120. The number of hydrogen-bond acceptors (Lipinski definition) is 3. The highest BCUT2D eigenvalue weighted by molar-refractivity contribution is 8.00. The van der Waals surface area contributed by atoms with E-state index in [1.54, 1.807) is 0 Å². The fraction of sp³-hybridized carbons (Fsp3) is 0.235. The van der Waals surface area contributed by atoms with E-state index in [9.17, 15) is 4.79 Å². The number of hydrogen-bond donors (Lipinski definition) is 0. The summed E-state index contributed by atoms with van der Waals surface area (Å²) in [6.07, 6.45) is 0. The maximum Gasteiger partial charge on any atom is 0.264 e. The first-order chi connectivity index (χ1) is 10.2. The Balaban J connectivity index is 1.73. The van der Waals surface area contributed by atoms with Gasteiger partial charge in [-0.3, -0.25) is 4.79 Å². The van der Waals surface area contributed by atoms with Gasteiger partial charge in [0, 0.05) is 16.7 Å². The van der Waals surface area contributed by atoms with Crippen LogP contribution in [0.3, 0.4) is 0 Å². The van der Waals surface area contributed by atoms with Crippen LogP contribution in [-0.4, -0.2) is 24.3 Å². The van der Waals surface area contributed by atoms with Gasteiger partial charge in [-0.25, -0.2) is 0 Å². The van der Waals surface area contributed by atoms with Gasteiger partial charge < -0.3 is 9.64 Å². The Morgan fingerprint density at radius 3 is 2.71 bits per heavy atom. The van der Waals surface area contributed by atoms with Crippen molar-refractivity contribution in [3.05, 3.63) is 54.6 Å². The maximum atomic E-state index is 12.5. The molecular formula is C17H17NO2S. The minimum absolute atomic E-state index is 0.00143. The largest absolute Gasteiger partial charge is 0.484 e. The second-order valence-electron chi connectivity index (χ2n) is 5.00. The molecule has 0 bridgehead atoms. The van der Waals surface area contributed by atoms with E-state index in [1.807, 2.05) is 65.2 Å². The van der Waals surface area contributed by atoms with Crippen LogP contribution in [0.15, 0.2) is 59.5 Å². The molecular weight excluding hydrogens is 282 g/mol. The molecule has 108 valence electrons. The number of nitrogens with zero attached hydrogens (tertiary/aromatic N) is 1. The molecule has 0 aliphatic carbocycles. The van der Waals surface area contributed by atoms with Crippen molar-refractivity contribution >= 4 is 23.4 Å². The molecule has 1 atom stereocenters. The zero-order chi connectivity index (χ0) is 14.7. The topological polar surface area (TPSA) is 29.5 Å². The van der Waals surface area contributed by atoms with E-state index < -0.39 is 0 Å². The third-order valence-corrected chi connectivity index (χ3v) is 4.48. The number of fused-ring (bicyclic) bond motifs is 1. The van der Waals surface area contributed by atoms with E-state index in [1.165, 1.54) is 0 Å². The Bertz CT molecular complexity index is 630. The zero-order valence-electron chi connectivity index (χ0n) is 11.9. The van der Waals surface area contributed by atoms with Crippen LogP contribution in [-0.2, 0) is 4.79 Å².